The molecule has 0 bridgehead atoms. The number of anilines is 1. The average Bonchev–Trinajstić information content (AvgIpc) is 3.29. The quantitative estimate of drug-likeness (QED) is 0.267. The van der Waals surface area contributed by atoms with E-state index in [9.17, 15) is 0 Å². The lowest BCUT2D eigenvalue weighted by Crippen LogP contribution is -2.36. The summed E-state index contributed by atoms with van der Waals surface area (Å²) in [6.45, 7) is 4.26. The molecule has 1 fully saturated rings. The number of pyridine rings is 1. The number of H-pyrrole nitrogens is 1. The van der Waals surface area contributed by atoms with Crippen LogP contribution in [0.3, 0.4) is 0 Å². The Balaban J connectivity index is 1.33. The minimum Gasteiger partial charge on any atom is -0.351 e. The Bertz CT molecular complexity index is 1370. The summed E-state index contributed by atoms with van der Waals surface area (Å²) in [5.41, 5.74) is 13.2. The number of imidazole rings is 1. The molecule has 3 N–H and O–H groups in total. The molecule has 2 aromatic carbocycles. The van der Waals surface area contributed by atoms with Gasteiger partial charge in [0.2, 0.25) is 0 Å². The summed E-state index contributed by atoms with van der Waals surface area (Å²) in [4.78, 5) is 15.2. The van der Waals surface area contributed by atoms with Crippen molar-refractivity contribution in [3.05, 3.63) is 77.7 Å². The highest BCUT2D eigenvalue weighted by molar-refractivity contribution is 6.33. The van der Waals surface area contributed by atoms with Crippen LogP contribution in [0.5, 0.6) is 0 Å². The van der Waals surface area contributed by atoms with Crippen LogP contribution in [0.1, 0.15) is 45.4 Å². The molecule has 1 aliphatic rings. The van der Waals surface area contributed by atoms with Gasteiger partial charge in [0.15, 0.2) is 5.65 Å². The fourth-order valence-corrected chi connectivity index (χ4v) is 5.87. The molecule has 0 radical (unpaired) electrons. The van der Waals surface area contributed by atoms with Gasteiger partial charge in [-0.25, -0.2) is 9.97 Å². The van der Waals surface area contributed by atoms with Gasteiger partial charge in [0, 0.05) is 30.8 Å². The number of benzene rings is 2. The second kappa shape index (κ2) is 11.1. The number of halogens is 1. The summed E-state index contributed by atoms with van der Waals surface area (Å²) in [5.74, 6) is 2.20. The highest BCUT2D eigenvalue weighted by atomic mass is 35.5. The first-order chi connectivity index (χ1) is 17.9. The molecule has 2 aromatic heterocycles. The predicted molar refractivity (Wildman–Crippen MR) is 156 cm³/mol. The molecule has 5 nitrogen and oxygen atoms in total. The number of nitrogens with zero attached hydrogens (tertiary/aromatic N) is 3. The van der Waals surface area contributed by atoms with Gasteiger partial charge < -0.3 is 15.6 Å². The van der Waals surface area contributed by atoms with E-state index in [1.807, 2.05) is 32.3 Å². The highest BCUT2D eigenvalue weighted by Crippen LogP contribution is 2.34. The molecule has 3 atom stereocenters. The van der Waals surface area contributed by atoms with E-state index in [2.05, 4.69) is 65.3 Å². The number of rotatable bonds is 7. The Hall–Kier alpha value is -3.15. The van der Waals surface area contributed by atoms with Gasteiger partial charge >= 0.3 is 0 Å². The Labute approximate surface area is 224 Å². The normalized spacial score (nSPS) is 20.1. The second-order valence-electron chi connectivity index (χ2n) is 10.3. The van der Waals surface area contributed by atoms with E-state index in [0.29, 0.717) is 28.5 Å². The second-order valence-corrected chi connectivity index (χ2v) is 10.7. The molecule has 37 heavy (non-hydrogen) atoms. The van der Waals surface area contributed by atoms with Crippen molar-refractivity contribution in [1.82, 2.24) is 15.0 Å². The molecule has 0 aliphatic heterocycles. The largest absolute Gasteiger partial charge is 0.351 e. The van der Waals surface area contributed by atoms with E-state index in [-0.39, 0.29) is 0 Å². The lowest BCUT2D eigenvalue weighted by Gasteiger charge is -2.33. The SMILES string of the molecule is C/C=C\N(C)c1ccc(-c2ccc(-c3nc4nc(C[C@H]5CC[C@H](CC)[C@@H](N)C5)[nH]c4cc3Cl)cc2)cc1. The van der Waals surface area contributed by atoms with Crippen LogP contribution in [0, 0.1) is 11.8 Å². The monoisotopic (exact) mass is 513 g/mol. The van der Waals surface area contributed by atoms with Crippen molar-refractivity contribution in [1.29, 1.82) is 0 Å². The Morgan fingerprint density at radius 1 is 1.03 bits per heavy atom. The molecule has 0 spiro atoms. The Morgan fingerprint density at radius 2 is 1.70 bits per heavy atom. The van der Waals surface area contributed by atoms with E-state index in [1.54, 1.807) is 0 Å². The minimum absolute atomic E-state index is 0.299. The standard InChI is InChI=1S/C31H36ClN5/c1-4-16-37(3)25-14-12-23(13-15-25)22-8-10-24(11-9-22)30-26(32)19-28-31(36-30)35-29(34-28)18-20-6-7-21(5-2)27(33)17-20/h4,8-16,19-21,27H,5-7,17-18,33H2,1-3H3,(H,34,35,36)/b16-4-/t20-,21-,27-/m0/s1. The lowest BCUT2D eigenvalue weighted by atomic mass is 9.76. The van der Waals surface area contributed by atoms with Crippen LogP contribution in [-0.2, 0) is 6.42 Å². The van der Waals surface area contributed by atoms with E-state index < -0.39 is 0 Å². The van der Waals surface area contributed by atoms with Crippen LogP contribution in [0.4, 0.5) is 5.69 Å². The zero-order valence-electron chi connectivity index (χ0n) is 21.9. The van der Waals surface area contributed by atoms with Crippen LogP contribution in [0.15, 0.2) is 66.9 Å². The van der Waals surface area contributed by atoms with Crippen LogP contribution < -0.4 is 10.6 Å². The highest BCUT2D eigenvalue weighted by Gasteiger charge is 2.27. The van der Waals surface area contributed by atoms with Gasteiger partial charge in [0.05, 0.1) is 16.2 Å². The third kappa shape index (κ3) is 5.58. The molecule has 6 heteroatoms. The van der Waals surface area contributed by atoms with Gasteiger partial charge in [-0.3, -0.25) is 0 Å². The molecule has 0 amide bonds. The number of fused-ring (bicyclic) bond motifs is 1. The number of hydrogen-bond donors (Lipinski definition) is 2. The first-order valence-corrected chi connectivity index (χ1v) is 13.7. The molecule has 1 aliphatic carbocycles. The summed E-state index contributed by atoms with van der Waals surface area (Å²) in [6, 6.07) is 19.2. The predicted octanol–water partition coefficient (Wildman–Crippen LogP) is 7.61. The molecular weight excluding hydrogens is 478 g/mol. The first kappa shape index (κ1) is 25.5. The molecule has 0 saturated heterocycles. The fraction of sp³-hybridized carbons (Fsp3) is 0.355. The van der Waals surface area contributed by atoms with Crippen molar-refractivity contribution in [3.63, 3.8) is 0 Å². The van der Waals surface area contributed by atoms with Gasteiger partial charge in [0.1, 0.15) is 5.82 Å². The van der Waals surface area contributed by atoms with Gasteiger partial charge in [-0.2, -0.15) is 0 Å². The molecule has 2 heterocycles. The third-order valence-corrected chi connectivity index (χ3v) is 8.07. The van der Waals surface area contributed by atoms with Crippen molar-refractivity contribution in [2.45, 2.75) is 52.0 Å². The zero-order valence-corrected chi connectivity index (χ0v) is 22.7. The molecule has 192 valence electrons. The summed E-state index contributed by atoms with van der Waals surface area (Å²) in [6.07, 6.45) is 9.65. The number of aromatic nitrogens is 3. The molecule has 4 aromatic rings. The third-order valence-electron chi connectivity index (χ3n) is 7.78. The smallest absolute Gasteiger partial charge is 0.178 e. The number of nitrogens with one attached hydrogen (secondary N) is 1. The van der Waals surface area contributed by atoms with E-state index in [0.717, 1.165) is 46.7 Å². The summed E-state index contributed by atoms with van der Waals surface area (Å²) in [5, 5.41) is 0.622. The summed E-state index contributed by atoms with van der Waals surface area (Å²) < 4.78 is 0. The Kier molecular flexibility index (Phi) is 7.63. The molecule has 5 rings (SSSR count). The Morgan fingerprint density at radius 3 is 2.35 bits per heavy atom. The van der Waals surface area contributed by atoms with Gasteiger partial charge in [0.25, 0.3) is 0 Å². The van der Waals surface area contributed by atoms with Crippen molar-refractivity contribution < 1.29 is 0 Å². The summed E-state index contributed by atoms with van der Waals surface area (Å²) >= 11 is 6.68. The minimum atomic E-state index is 0.299. The van der Waals surface area contributed by atoms with Crippen molar-refractivity contribution in [2.24, 2.45) is 17.6 Å². The van der Waals surface area contributed by atoms with Gasteiger partial charge in [-0.1, -0.05) is 67.4 Å². The number of hydrogen-bond acceptors (Lipinski definition) is 4. The van der Waals surface area contributed by atoms with Crippen LogP contribution in [0.2, 0.25) is 5.02 Å². The topological polar surface area (TPSA) is 70.8 Å². The first-order valence-electron chi connectivity index (χ1n) is 13.3. The van der Waals surface area contributed by atoms with Crippen molar-refractivity contribution >= 4 is 28.5 Å². The molecular formula is C31H36ClN5. The molecule has 0 unspecified atom stereocenters. The average molecular weight is 514 g/mol. The number of nitrogens with two attached hydrogens (primary N) is 1. The molecule has 1 saturated carbocycles. The number of aromatic amines is 1. The van der Waals surface area contributed by atoms with Gasteiger partial charge in [-0.05, 0) is 73.5 Å². The van der Waals surface area contributed by atoms with Gasteiger partial charge in [-0.15, -0.1) is 0 Å². The lowest BCUT2D eigenvalue weighted by molar-refractivity contribution is 0.229. The van der Waals surface area contributed by atoms with E-state index in [4.69, 9.17) is 27.3 Å². The van der Waals surface area contributed by atoms with Crippen molar-refractivity contribution in [2.75, 3.05) is 11.9 Å². The van der Waals surface area contributed by atoms with Crippen LogP contribution in [-0.4, -0.2) is 28.0 Å². The van der Waals surface area contributed by atoms with E-state index in [1.165, 1.54) is 24.8 Å². The number of allylic oxidation sites excluding steroid dienone is 1. The maximum atomic E-state index is 6.68. The zero-order chi connectivity index (χ0) is 25.9. The summed E-state index contributed by atoms with van der Waals surface area (Å²) in [7, 11) is 2.05. The maximum absolute atomic E-state index is 6.68. The van der Waals surface area contributed by atoms with Crippen LogP contribution in [0.25, 0.3) is 33.5 Å². The fourth-order valence-electron chi connectivity index (χ4n) is 5.61. The van der Waals surface area contributed by atoms with E-state index >= 15 is 0 Å². The van der Waals surface area contributed by atoms with Crippen molar-refractivity contribution in [3.8, 4) is 22.4 Å². The van der Waals surface area contributed by atoms with Crippen LogP contribution >= 0.6 is 11.6 Å². The maximum Gasteiger partial charge on any atom is 0.178 e.